The molecule has 0 spiro atoms. The van der Waals surface area contributed by atoms with Gasteiger partial charge in [-0.2, -0.15) is 4.98 Å². The van der Waals surface area contributed by atoms with Gasteiger partial charge in [-0.3, -0.25) is 14.4 Å². The summed E-state index contributed by atoms with van der Waals surface area (Å²) in [6.45, 7) is 23.5. The van der Waals surface area contributed by atoms with E-state index in [1.165, 1.54) is 12.0 Å². The first-order chi connectivity index (χ1) is 27.8. The van der Waals surface area contributed by atoms with Crippen LogP contribution in [0.4, 0.5) is 0 Å². The number of benzene rings is 1. The molecule has 0 radical (unpaired) electrons. The first kappa shape index (κ1) is 42.2. The van der Waals surface area contributed by atoms with Crippen LogP contribution >= 0.6 is 0 Å². The highest BCUT2D eigenvalue weighted by Crippen LogP contribution is 2.78. The van der Waals surface area contributed by atoms with Crippen LogP contribution in [-0.4, -0.2) is 50.6 Å². The molecule has 1 saturated heterocycles. The lowest BCUT2D eigenvalue weighted by Crippen LogP contribution is -2.67. The number of aliphatic carboxylic acids is 1. The fraction of sp³-hybridized carbons (Fsp3) is 0.740. The Kier molecular flexibility index (Phi) is 10.6. The Morgan fingerprint density at radius 3 is 2.36 bits per heavy atom. The van der Waals surface area contributed by atoms with Crippen LogP contribution < -0.4 is 0 Å². The van der Waals surface area contributed by atoms with Crippen LogP contribution in [0.5, 0.6) is 0 Å². The quantitative estimate of drug-likeness (QED) is 0.186. The van der Waals surface area contributed by atoms with E-state index in [-0.39, 0.29) is 58.0 Å². The predicted octanol–water partition coefficient (Wildman–Crippen LogP) is 11.3. The third-order valence-electron chi connectivity index (χ3n) is 18.3. The second kappa shape index (κ2) is 14.9. The Labute approximate surface area is 352 Å². The summed E-state index contributed by atoms with van der Waals surface area (Å²) in [6.07, 6.45) is 13.1. The SMILES string of the molecule is C=C(C)CC1CCC2(C(=O)N3CCCC3c3nc(-c4ccccc4)no3)CCC3(C)C(CCC4C5(C)CCC(OC(=O)CC(C)(C)CC(=O)O)C(C)(C)C5CCC43C)C12. The molecule has 0 bridgehead atoms. The van der Waals surface area contributed by atoms with Crippen molar-refractivity contribution in [3.63, 3.8) is 0 Å². The van der Waals surface area contributed by atoms with Gasteiger partial charge < -0.3 is 19.3 Å². The van der Waals surface area contributed by atoms with E-state index in [0.717, 1.165) is 89.2 Å². The van der Waals surface area contributed by atoms with Crippen LogP contribution in [0.25, 0.3) is 11.4 Å². The van der Waals surface area contributed by atoms with Crippen LogP contribution in [-0.2, 0) is 19.1 Å². The van der Waals surface area contributed by atoms with E-state index in [9.17, 15) is 14.7 Å². The molecule has 6 aliphatic rings. The van der Waals surface area contributed by atoms with E-state index in [4.69, 9.17) is 14.2 Å². The first-order valence-corrected chi connectivity index (χ1v) is 23.0. The number of likely N-dealkylation sites (tertiary alicyclic amines) is 1. The highest BCUT2D eigenvalue weighted by atomic mass is 16.5. The number of esters is 1. The number of allylic oxidation sites excluding steroid dienone is 1. The average Bonchev–Trinajstić information content (AvgIpc) is 3.92. The summed E-state index contributed by atoms with van der Waals surface area (Å²) in [6, 6.07) is 9.75. The number of amides is 1. The number of aromatic nitrogens is 2. The van der Waals surface area contributed by atoms with Gasteiger partial charge in [-0.25, -0.2) is 0 Å². The highest BCUT2D eigenvalue weighted by molar-refractivity contribution is 5.84. The largest absolute Gasteiger partial charge is 0.481 e. The molecule has 59 heavy (non-hydrogen) atoms. The number of rotatable bonds is 10. The first-order valence-electron chi connectivity index (χ1n) is 23.0. The van der Waals surface area contributed by atoms with Crippen molar-refractivity contribution in [3.05, 3.63) is 48.4 Å². The average molecular weight is 810 g/mol. The van der Waals surface area contributed by atoms with Gasteiger partial charge in [0, 0.05) is 17.5 Å². The molecule has 1 N–H and O–H groups in total. The van der Waals surface area contributed by atoms with Crippen molar-refractivity contribution in [1.82, 2.24) is 15.0 Å². The van der Waals surface area contributed by atoms with Crippen LogP contribution in [0.1, 0.15) is 164 Å². The Morgan fingerprint density at radius 1 is 0.898 bits per heavy atom. The summed E-state index contributed by atoms with van der Waals surface area (Å²) in [7, 11) is 0. The molecule has 9 heteroatoms. The second-order valence-corrected chi connectivity index (χ2v) is 22.5. The summed E-state index contributed by atoms with van der Waals surface area (Å²) >= 11 is 0. The van der Waals surface area contributed by atoms with E-state index in [1.54, 1.807) is 0 Å². The number of ether oxygens (including phenoxy) is 1. The molecule has 1 aliphatic heterocycles. The number of carbonyl (C=O) groups excluding carboxylic acids is 2. The van der Waals surface area contributed by atoms with Gasteiger partial charge in [-0.1, -0.05) is 89.5 Å². The molecule has 2 aromatic rings. The summed E-state index contributed by atoms with van der Waals surface area (Å²) in [5.74, 6) is 2.49. The monoisotopic (exact) mass is 810 g/mol. The lowest BCUT2D eigenvalue weighted by Gasteiger charge is -2.73. The van der Waals surface area contributed by atoms with Crippen LogP contribution in [0.3, 0.4) is 0 Å². The minimum atomic E-state index is -0.891. The Morgan fingerprint density at radius 2 is 1.64 bits per heavy atom. The number of carboxylic acid groups (broad SMARTS) is 1. The van der Waals surface area contributed by atoms with Crippen LogP contribution in [0.15, 0.2) is 47.0 Å². The van der Waals surface area contributed by atoms with Gasteiger partial charge >= 0.3 is 11.9 Å². The molecule has 1 aromatic heterocycles. The number of nitrogens with zero attached hydrogens (tertiary/aromatic N) is 3. The Balaban J connectivity index is 1.05. The molecule has 1 amide bonds. The molecular formula is C50H71N3O6. The number of carbonyl (C=O) groups is 3. The van der Waals surface area contributed by atoms with Crippen molar-refractivity contribution in [2.45, 2.75) is 164 Å². The molecule has 11 atom stereocenters. The van der Waals surface area contributed by atoms with Gasteiger partial charge in [0.2, 0.25) is 17.6 Å². The summed E-state index contributed by atoms with van der Waals surface area (Å²) < 4.78 is 12.3. The number of hydrogen-bond acceptors (Lipinski definition) is 7. The molecule has 322 valence electrons. The van der Waals surface area contributed by atoms with E-state index >= 15 is 4.79 Å². The van der Waals surface area contributed by atoms with Gasteiger partial charge in [0.15, 0.2) is 0 Å². The summed E-state index contributed by atoms with van der Waals surface area (Å²) in [5, 5.41) is 13.8. The predicted molar refractivity (Wildman–Crippen MR) is 228 cm³/mol. The van der Waals surface area contributed by atoms with Crippen molar-refractivity contribution >= 4 is 17.8 Å². The maximum Gasteiger partial charge on any atom is 0.306 e. The minimum Gasteiger partial charge on any atom is -0.481 e. The van der Waals surface area contributed by atoms with Gasteiger partial charge in [0.1, 0.15) is 12.1 Å². The molecule has 6 fully saturated rings. The van der Waals surface area contributed by atoms with Crippen molar-refractivity contribution in [3.8, 4) is 11.4 Å². The van der Waals surface area contributed by atoms with Crippen molar-refractivity contribution < 1.29 is 28.8 Å². The second-order valence-electron chi connectivity index (χ2n) is 22.5. The number of fused-ring (bicyclic) bond motifs is 7. The lowest BCUT2D eigenvalue weighted by atomic mass is 9.32. The molecular weight excluding hydrogens is 739 g/mol. The zero-order valence-electron chi connectivity index (χ0n) is 37.3. The molecule has 8 rings (SSSR count). The topological polar surface area (TPSA) is 123 Å². The fourth-order valence-electron chi connectivity index (χ4n) is 15.7. The third-order valence-corrected chi connectivity index (χ3v) is 18.3. The summed E-state index contributed by atoms with van der Waals surface area (Å²) in [4.78, 5) is 47.4. The normalized spacial score (nSPS) is 38.7. The van der Waals surface area contributed by atoms with Crippen molar-refractivity contribution in [2.75, 3.05) is 6.54 Å². The van der Waals surface area contributed by atoms with Crippen molar-refractivity contribution in [1.29, 1.82) is 0 Å². The van der Waals surface area contributed by atoms with E-state index < -0.39 is 11.4 Å². The molecule has 9 nitrogen and oxygen atoms in total. The fourth-order valence-corrected chi connectivity index (χ4v) is 15.7. The standard InChI is InChI=1S/C50H71N3O6/c1-31(2)28-33-19-24-50(44(57)53-27-13-16-35(53)43-51-42(52-59-43)32-14-11-10-12-15-32)26-25-48(8)34(41(33)50)17-18-37-47(7)22-21-38(46(5,6)36(47)20-23-49(37,48)9)58-40(56)30-45(3,4)29-39(54)55/h10-12,14-15,33-38,41H,1,13,16-30H2,2-9H3,(H,54,55). The molecule has 1 aromatic carbocycles. The van der Waals surface area contributed by atoms with Crippen LogP contribution in [0.2, 0.25) is 0 Å². The summed E-state index contributed by atoms with van der Waals surface area (Å²) in [5.41, 5.74) is 1.24. The smallest absolute Gasteiger partial charge is 0.306 e. The van der Waals surface area contributed by atoms with Gasteiger partial charge in [-0.15, -0.1) is 6.58 Å². The Hall–Kier alpha value is -3.49. The van der Waals surface area contributed by atoms with E-state index in [0.29, 0.717) is 47.2 Å². The zero-order valence-corrected chi connectivity index (χ0v) is 37.3. The molecule has 2 heterocycles. The van der Waals surface area contributed by atoms with Gasteiger partial charge in [0.25, 0.3) is 0 Å². The number of carboxylic acids is 1. The van der Waals surface area contributed by atoms with Gasteiger partial charge in [0.05, 0.1) is 18.3 Å². The van der Waals surface area contributed by atoms with Crippen molar-refractivity contribution in [2.24, 2.45) is 62.1 Å². The third kappa shape index (κ3) is 6.81. The van der Waals surface area contributed by atoms with E-state index in [1.807, 2.05) is 44.2 Å². The maximum atomic E-state index is 15.5. The minimum absolute atomic E-state index is 0.0597. The lowest BCUT2D eigenvalue weighted by molar-refractivity contribution is -0.250. The molecule has 11 unspecified atom stereocenters. The van der Waals surface area contributed by atoms with Crippen LogP contribution in [0, 0.1) is 62.1 Å². The molecule has 5 aliphatic carbocycles. The Bertz CT molecular complexity index is 1950. The zero-order chi connectivity index (χ0) is 42.3. The highest BCUT2D eigenvalue weighted by Gasteiger charge is 2.72. The van der Waals surface area contributed by atoms with Gasteiger partial charge in [-0.05, 0) is 142 Å². The number of hydrogen-bond donors (Lipinski definition) is 1. The molecule has 5 saturated carbocycles. The van der Waals surface area contributed by atoms with E-state index in [2.05, 4.69) is 58.2 Å². The maximum absolute atomic E-state index is 15.5.